The lowest BCUT2D eigenvalue weighted by atomic mass is 9.96. The summed E-state index contributed by atoms with van der Waals surface area (Å²) in [6.07, 6.45) is 2.20. The van der Waals surface area contributed by atoms with Crippen LogP contribution in [0.3, 0.4) is 0 Å². The van der Waals surface area contributed by atoms with E-state index in [0.29, 0.717) is 23.8 Å². The van der Waals surface area contributed by atoms with Crippen molar-refractivity contribution in [3.63, 3.8) is 0 Å². The first-order valence-corrected chi connectivity index (χ1v) is 7.25. The Morgan fingerprint density at radius 1 is 1.45 bits per heavy atom. The van der Waals surface area contributed by atoms with Gasteiger partial charge in [0.25, 0.3) is 0 Å². The number of para-hydroxylation sites is 1. The predicted molar refractivity (Wildman–Crippen MR) is 77.6 cm³/mol. The molecule has 0 aliphatic carbocycles. The Morgan fingerprint density at radius 3 is 2.75 bits per heavy atom. The van der Waals surface area contributed by atoms with Crippen molar-refractivity contribution in [1.82, 2.24) is 4.90 Å². The Kier molecular flexibility index (Phi) is 4.86. The first-order valence-electron chi connectivity index (χ1n) is 7.25. The summed E-state index contributed by atoms with van der Waals surface area (Å²) in [7, 11) is 0. The van der Waals surface area contributed by atoms with Crippen molar-refractivity contribution in [3.8, 4) is 17.6 Å². The van der Waals surface area contributed by atoms with Crippen LogP contribution in [0.2, 0.25) is 0 Å². The Hall–Kier alpha value is -1.73. The molecule has 1 fully saturated rings. The molecule has 4 nitrogen and oxygen atoms in total. The maximum Gasteiger partial charge on any atom is 0.163 e. The standard InChI is InChI=1S/C16H22N2O2/c1-3-20-15-6-4-5-13(16(15)19)14(11-17)18-9-7-12(2)8-10-18/h4-6,12,14,19H,3,7-10H2,1-2H3. The van der Waals surface area contributed by atoms with Gasteiger partial charge in [0.05, 0.1) is 12.7 Å². The molecular weight excluding hydrogens is 252 g/mol. The van der Waals surface area contributed by atoms with E-state index in [1.165, 1.54) is 0 Å². The number of ether oxygens (including phenoxy) is 1. The number of likely N-dealkylation sites (tertiary alicyclic amines) is 1. The minimum absolute atomic E-state index is 0.0968. The molecule has 1 atom stereocenters. The summed E-state index contributed by atoms with van der Waals surface area (Å²) >= 11 is 0. The van der Waals surface area contributed by atoms with Crippen LogP contribution in [0.15, 0.2) is 18.2 Å². The average Bonchev–Trinajstić information content (AvgIpc) is 2.46. The van der Waals surface area contributed by atoms with Gasteiger partial charge in [-0.1, -0.05) is 19.1 Å². The highest BCUT2D eigenvalue weighted by atomic mass is 16.5. The zero-order valence-electron chi connectivity index (χ0n) is 12.2. The molecule has 0 amide bonds. The van der Waals surface area contributed by atoms with Crippen molar-refractivity contribution in [2.45, 2.75) is 32.7 Å². The minimum Gasteiger partial charge on any atom is -0.504 e. The topological polar surface area (TPSA) is 56.5 Å². The molecule has 1 saturated heterocycles. The number of phenols is 1. The molecule has 0 aromatic heterocycles. The molecule has 108 valence electrons. The lowest BCUT2D eigenvalue weighted by Crippen LogP contribution is -2.35. The van der Waals surface area contributed by atoms with Gasteiger partial charge in [0.15, 0.2) is 11.5 Å². The highest BCUT2D eigenvalue weighted by Crippen LogP contribution is 2.37. The number of piperidine rings is 1. The SMILES string of the molecule is CCOc1cccc(C(C#N)N2CCC(C)CC2)c1O. The number of phenolic OH excluding ortho intramolecular Hbond substituents is 1. The van der Waals surface area contributed by atoms with E-state index in [9.17, 15) is 10.4 Å². The van der Waals surface area contributed by atoms with Crippen molar-refractivity contribution >= 4 is 0 Å². The highest BCUT2D eigenvalue weighted by Gasteiger charge is 2.27. The van der Waals surface area contributed by atoms with Crippen LogP contribution in [0.1, 0.15) is 38.3 Å². The van der Waals surface area contributed by atoms with E-state index in [0.717, 1.165) is 25.9 Å². The van der Waals surface area contributed by atoms with Crippen LogP contribution in [0.25, 0.3) is 0 Å². The molecule has 4 heteroatoms. The van der Waals surface area contributed by atoms with Crippen LogP contribution in [0.4, 0.5) is 0 Å². The second-order valence-corrected chi connectivity index (χ2v) is 5.38. The molecule has 1 N–H and O–H groups in total. The summed E-state index contributed by atoms with van der Waals surface area (Å²) in [6, 6.07) is 7.29. The average molecular weight is 274 g/mol. The second kappa shape index (κ2) is 6.62. The van der Waals surface area contributed by atoms with Crippen LogP contribution >= 0.6 is 0 Å². The first kappa shape index (κ1) is 14.7. The maximum absolute atomic E-state index is 10.3. The lowest BCUT2D eigenvalue weighted by Gasteiger charge is -2.33. The molecule has 0 bridgehead atoms. The van der Waals surface area contributed by atoms with E-state index < -0.39 is 6.04 Å². The molecule has 0 radical (unpaired) electrons. The Labute approximate surface area is 120 Å². The third kappa shape index (κ3) is 3.05. The largest absolute Gasteiger partial charge is 0.504 e. The molecule has 0 saturated carbocycles. The number of hydrogen-bond acceptors (Lipinski definition) is 4. The van der Waals surface area contributed by atoms with Crippen LogP contribution in [-0.4, -0.2) is 29.7 Å². The molecule has 1 heterocycles. The first-order chi connectivity index (χ1) is 9.67. The molecule has 2 rings (SSSR count). The fourth-order valence-electron chi connectivity index (χ4n) is 2.67. The van der Waals surface area contributed by atoms with E-state index in [2.05, 4.69) is 17.9 Å². The lowest BCUT2D eigenvalue weighted by molar-refractivity contribution is 0.162. The number of hydrogen-bond donors (Lipinski definition) is 1. The van der Waals surface area contributed by atoms with Gasteiger partial charge in [-0.05, 0) is 44.8 Å². The molecule has 1 aromatic carbocycles. The molecule has 0 spiro atoms. The zero-order valence-corrected chi connectivity index (χ0v) is 12.2. The van der Waals surface area contributed by atoms with Crippen LogP contribution in [0, 0.1) is 17.2 Å². The van der Waals surface area contributed by atoms with E-state index in [1.807, 2.05) is 19.1 Å². The molecule has 1 aromatic rings. The van der Waals surface area contributed by atoms with Gasteiger partial charge in [-0.2, -0.15) is 5.26 Å². The number of rotatable bonds is 4. The number of nitriles is 1. The molecular formula is C16H22N2O2. The summed E-state index contributed by atoms with van der Waals surface area (Å²) in [5.41, 5.74) is 0.646. The van der Waals surface area contributed by atoms with Gasteiger partial charge in [0.2, 0.25) is 0 Å². The fourth-order valence-corrected chi connectivity index (χ4v) is 2.67. The van der Waals surface area contributed by atoms with Gasteiger partial charge in [-0.25, -0.2) is 0 Å². The van der Waals surface area contributed by atoms with Crippen molar-refractivity contribution in [2.75, 3.05) is 19.7 Å². The van der Waals surface area contributed by atoms with E-state index in [-0.39, 0.29) is 5.75 Å². The smallest absolute Gasteiger partial charge is 0.163 e. The fraction of sp³-hybridized carbons (Fsp3) is 0.562. The summed E-state index contributed by atoms with van der Waals surface area (Å²) in [5.74, 6) is 1.27. The normalized spacial score (nSPS) is 18.4. The second-order valence-electron chi connectivity index (χ2n) is 5.38. The number of benzene rings is 1. The van der Waals surface area contributed by atoms with Gasteiger partial charge in [-0.3, -0.25) is 4.90 Å². The Bertz CT molecular complexity index is 488. The van der Waals surface area contributed by atoms with Gasteiger partial charge in [0, 0.05) is 5.56 Å². The number of nitrogens with zero attached hydrogens (tertiary/aromatic N) is 2. The van der Waals surface area contributed by atoms with Crippen molar-refractivity contribution < 1.29 is 9.84 Å². The molecule has 1 aliphatic heterocycles. The van der Waals surface area contributed by atoms with E-state index in [4.69, 9.17) is 4.74 Å². The van der Waals surface area contributed by atoms with E-state index in [1.54, 1.807) is 6.07 Å². The zero-order chi connectivity index (χ0) is 14.5. The molecule has 1 unspecified atom stereocenters. The van der Waals surface area contributed by atoms with E-state index >= 15 is 0 Å². The van der Waals surface area contributed by atoms with Crippen molar-refractivity contribution in [1.29, 1.82) is 5.26 Å². The van der Waals surface area contributed by atoms with Gasteiger partial charge < -0.3 is 9.84 Å². The predicted octanol–water partition coefficient (Wildman–Crippen LogP) is 3.09. The Balaban J connectivity index is 2.24. The minimum atomic E-state index is -0.400. The third-order valence-electron chi connectivity index (χ3n) is 3.93. The maximum atomic E-state index is 10.3. The third-order valence-corrected chi connectivity index (χ3v) is 3.93. The van der Waals surface area contributed by atoms with Crippen molar-refractivity contribution in [2.24, 2.45) is 5.92 Å². The summed E-state index contributed by atoms with van der Waals surface area (Å²) in [6.45, 7) is 6.41. The monoisotopic (exact) mass is 274 g/mol. The summed E-state index contributed by atoms with van der Waals surface area (Å²) in [4.78, 5) is 2.14. The Morgan fingerprint density at radius 2 is 2.15 bits per heavy atom. The molecule has 20 heavy (non-hydrogen) atoms. The van der Waals surface area contributed by atoms with Gasteiger partial charge in [0.1, 0.15) is 6.04 Å². The van der Waals surface area contributed by atoms with Gasteiger partial charge in [-0.15, -0.1) is 0 Å². The van der Waals surface area contributed by atoms with Crippen LogP contribution < -0.4 is 4.74 Å². The molecule has 1 aliphatic rings. The quantitative estimate of drug-likeness (QED) is 0.916. The van der Waals surface area contributed by atoms with Crippen LogP contribution in [-0.2, 0) is 0 Å². The summed E-state index contributed by atoms with van der Waals surface area (Å²) < 4.78 is 5.40. The van der Waals surface area contributed by atoms with Crippen molar-refractivity contribution in [3.05, 3.63) is 23.8 Å². The van der Waals surface area contributed by atoms with Crippen LogP contribution in [0.5, 0.6) is 11.5 Å². The summed E-state index contributed by atoms with van der Waals surface area (Å²) in [5, 5.41) is 19.8. The number of aromatic hydroxyl groups is 1. The van der Waals surface area contributed by atoms with Gasteiger partial charge >= 0.3 is 0 Å². The highest BCUT2D eigenvalue weighted by molar-refractivity contribution is 5.48.